The summed E-state index contributed by atoms with van der Waals surface area (Å²) in [5.41, 5.74) is -4.29. The highest BCUT2D eigenvalue weighted by Gasteiger charge is 2.71. The number of alkyl halides is 6. The number of aliphatic hydroxyl groups is 1. The van der Waals surface area contributed by atoms with E-state index >= 15 is 0 Å². The summed E-state index contributed by atoms with van der Waals surface area (Å²) < 4.78 is 82.7. The van der Waals surface area contributed by atoms with E-state index in [1.807, 2.05) is 0 Å². The van der Waals surface area contributed by atoms with Gasteiger partial charge < -0.3 is 9.84 Å². The Bertz CT molecular complexity index is 642. The molecule has 26 heavy (non-hydrogen) atoms. The van der Waals surface area contributed by atoms with Gasteiger partial charge in [0.25, 0.3) is 5.60 Å². The maximum atomic E-state index is 12.9. The van der Waals surface area contributed by atoms with E-state index in [2.05, 4.69) is 6.58 Å². The van der Waals surface area contributed by atoms with Gasteiger partial charge in [0.05, 0.1) is 12.2 Å². The Hall–Kier alpha value is -1.54. The summed E-state index contributed by atoms with van der Waals surface area (Å²) in [6.07, 6.45) is -10.0. The van der Waals surface area contributed by atoms with Gasteiger partial charge in [0.15, 0.2) is 0 Å². The van der Waals surface area contributed by atoms with Gasteiger partial charge in [-0.15, -0.1) is 0 Å². The molecule has 0 amide bonds. The van der Waals surface area contributed by atoms with E-state index in [0.717, 1.165) is 5.56 Å². The van der Waals surface area contributed by atoms with Crippen LogP contribution in [0.15, 0.2) is 30.8 Å². The van der Waals surface area contributed by atoms with Crippen LogP contribution < -0.4 is 0 Å². The SMILES string of the molecule is C=C(C)c1cccc(C2(OCC(O)(C(F)(F)F)C(F)(F)F)CCCC2)c1. The van der Waals surface area contributed by atoms with Gasteiger partial charge in [0, 0.05) is 0 Å². The van der Waals surface area contributed by atoms with E-state index in [1.165, 1.54) is 0 Å². The molecule has 0 atom stereocenters. The summed E-state index contributed by atoms with van der Waals surface area (Å²) in [6.45, 7) is 3.63. The summed E-state index contributed by atoms with van der Waals surface area (Å²) in [6, 6.07) is 6.67. The minimum atomic E-state index is -5.90. The minimum absolute atomic E-state index is 0.276. The first-order valence-electron chi connectivity index (χ1n) is 8.09. The Kier molecular flexibility index (Phi) is 5.50. The molecule has 0 aliphatic heterocycles. The van der Waals surface area contributed by atoms with Crippen LogP contribution in [0.3, 0.4) is 0 Å². The maximum absolute atomic E-state index is 12.9. The number of hydrogen-bond acceptors (Lipinski definition) is 2. The quantitative estimate of drug-likeness (QED) is 0.695. The first-order valence-corrected chi connectivity index (χ1v) is 8.09. The molecular weight excluding hydrogens is 362 g/mol. The van der Waals surface area contributed by atoms with Crippen LogP contribution in [-0.2, 0) is 10.3 Å². The van der Waals surface area contributed by atoms with Crippen molar-refractivity contribution >= 4 is 5.57 Å². The third kappa shape index (κ3) is 3.76. The number of ether oxygens (including phenoxy) is 1. The lowest BCUT2D eigenvalue weighted by Gasteiger charge is -2.37. The van der Waals surface area contributed by atoms with Crippen LogP contribution in [0.25, 0.3) is 5.57 Å². The second-order valence-electron chi connectivity index (χ2n) is 6.71. The van der Waals surface area contributed by atoms with Crippen LogP contribution in [0, 0.1) is 0 Å². The molecule has 0 aromatic heterocycles. The van der Waals surface area contributed by atoms with Crippen molar-refractivity contribution in [2.45, 2.75) is 56.2 Å². The van der Waals surface area contributed by atoms with Crippen molar-refractivity contribution in [3.63, 3.8) is 0 Å². The van der Waals surface area contributed by atoms with Gasteiger partial charge in [-0.2, -0.15) is 26.3 Å². The second-order valence-corrected chi connectivity index (χ2v) is 6.71. The summed E-state index contributed by atoms with van der Waals surface area (Å²) in [4.78, 5) is 0. The van der Waals surface area contributed by atoms with Crippen LogP contribution in [0.5, 0.6) is 0 Å². The van der Waals surface area contributed by atoms with E-state index in [-0.39, 0.29) is 12.8 Å². The third-order valence-corrected chi connectivity index (χ3v) is 4.79. The molecule has 1 saturated carbocycles. The molecule has 1 fully saturated rings. The highest BCUT2D eigenvalue weighted by Crippen LogP contribution is 2.47. The predicted octanol–water partition coefficient (Wildman–Crippen LogP) is 5.36. The lowest BCUT2D eigenvalue weighted by molar-refractivity contribution is -0.383. The first-order chi connectivity index (χ1) is 11.8. The molecule has 1 aromatic carbocycles. The van der Waals surface area contributed by atoms with E-state index in [9.17, 15) is 31.4 Å². The van der Waals surface area contributed by atoms with Crippen LogP contribution in [0.2, 0.25) is 0 Å². The van der Waals surface area contributed by atoms with Crippen LogP contribution in [-0.4, -0.2) is 29.7 Å². The van der Waals surface area contributed by atoms with Crippen LogP contribution in [0.1, 0.15) is 43.7 Å². The van der Waals surface area contributed by atoms with Gasteiger partial charge in [-0.3, -0.25) is 0 Å². The number of hydrogen-bond donors (Lipinski definition) is 1. The van der Waals surface area contributed by atoms with Gasteiger partial charge in [0.1, 0.15) is 0 Å². The van der Waals surface area contributed by atoms with Crippen molar-refractivity contribution in [1.82, 2.24) is 0 Å². The maximum Gasteiger partial charge on any atom is 0.428 e. The van der Waals surface area contributed by atoms with E-state index < -0.39 is 30.2 Å². The van der Waals surface area contributed by atoms with Gasteiger partial charge in [-0.25, -0.2) is 0 Å². The predicted molar refractivity (Wildman–Crippen MR) is 84.3 cm³/mol. The van der Waals surface area contributed by atoms with Gasteiger partial charge >= 0.3 is 12.4 Å². The fraction of sp³-hybridized carbons (Fsp3) is 0.556. The van der Waals surface area contributed by atoms with Crippen molar-refractivity contribution in [3.05, 3.63) is 42.0 Å². The van der Waals surface area contributed by atoms with Crippen LogP contribution >= 0.6 is 0 Å². The molecule has 0 unspecified atom stereocenters. The Labute approximate surface area is 147 Å². The molecule has 146 valence electrons. The molecule has 8 heteroatoms. The van der Waals surface area contributed by atoms with Crippen molar-refractivity contribution in [1.29, 1.82) is 0 Å². The van der Waals surface area contributed by atoms with Crippen molar-refractivity contribution < 1.29 is 36.2 Å². The topological polar surface area (TPSA) is 29.5 Å². The van der Waals surface area contributed by atoms with Crippen molar-refractivity contribution in [2.24, 2.45) is 0 Å². The lowest BCUT2D eigenvalue weighted by Crippen LogP contribution is -2.60. The Morgan fingerprint density at radius 2 is 1.65 bits per heavy atom. The summed E-state index contributed by atoms with van der Waals surface area (Å²) >= 11 is 0. The fourth-order valence-electron chi connectivity index (χ4n) is 3.10. The lowest BCUT2D eigenvalue weighted by atomic mass is 9.89. The molecule has 0 spiro atoms. The monoisotopic (exact) mass is 382 g/mol. The Morgan fingerprint density at radius 1 is 1.12 bits per heavy atom. The smallest absolute Gasteiger partial charge is 0.372 e. The Balaban J connectivity index is 2.37. The van der Waals surface area contributed by atoms with Crippen LogP contribution in [0.4, 0.5) is 26.3 Å². The molecule has 2 rings (SSSR count). The average Bonchev–Trinajstić information content (AvgIpc) is 3.00. The normalized spacial score (nSPS) is 18.2. The zero-order chi connectivity index (χ0) is 19.8. The third-order valence-electron chi connectivity index (χ3n) is 4.79. The number of halogens is 6. The van der Waals surface area contributed by atoms with Gasteiger partial charge in [0.2, 0.25) is 0 Å². The molecule has 0 radical (unpaired) electrons. The Morgan fingerprint density at radius 3 is 2.12 bits per heavy atom. The molecular formula is C18H20F6O2. The molecule has 0 saturated heterocycles. The first kappa shape index (κ1) is 20.8. The van der Waals surface area contributed by atoms with Gasteiger partial charge in [-0.1, -0.05) is 43.2 Å². The standard InChI is InChI=1S/C18H20F6O2/c1-12(2)13-6-5-7-14(10-13)15(8-3-4-9-15)26-11-16(25,17(19,20)21)18(22,23)24/h5-7,10,25H,1,3-4,8-9,11H2,2H3. The average molecular weight is 382 g/mol. The number of benzene rings is 1. The van der Waals surface area contributed by atoms with E-state index in [4.69, 9.17) is 4.74 Å². The summed E-state index contributed by atoms with van der Waals surface area (Å²) in [5.74, 6) is 0. The largest absolute Gasteiger partial charge is 0.428 e. The molecule has 1 aromatic rings. The van der Waals surface area contributed by atoms with Crippen molar-refractivity contribution in [3.8, 4) is 0 Å². The molecule has 2 nitrogen and oxygen atoms in total. The van der Waals surface area contributed by atoms with E-state index in [1.54, 1.807) is 31.2 Å². The van der Waals surface area contributed by atoms with Crippen molar-refractivity contribution in [2.75, 3.05) is 6.61 Å². The molecule has 1 aliphatic carbocycles. The highest BCUT2D eigenvalue weighted by atomic mass is 19.4. The minimum Gasteiger partial charge on any atom is -0.372 e. The van der Waals surface area contributed by atoms with Gasteiger partial charge in [-0.05, 0) is 37.0 Å². The summed E-state index contributed by atoms with van der Waals surface area (Å²) in [5, 5.41) is 9.36. The fourth-order valence-corrected chi connectivity index (χ4v) is 3.10. The molecule has 1 N–H and O–H groups in total. The summed E-state index contributed by atoms with van der Waals surface area (Å²) in [7, 11) is 0. The number of rotatable bonds is 5. The number of allylic oxidation sites excluding steroid dienone is 1. The van der Waals surface area contributed by atoms with E-state index in [0.29, 0.717) is 24.0 Å². The molecule has 0 bridgehead atoms. The molecule has 0 heterocycles. The molecule has 1 aliphatic rings. The zero-order valence-corrected chi connectivity index (χ0v) is 14.2. The highest BCUT2D eigenvalue weighted by molar-refractivity contribution is 5.62. The second kappa shape index (κ2) is 6.88. The zero-order valence-electron chi connectivity index (χ0n) is 14.2.